The normalized spacial score (nSPS) is 11.2. The molecule has 0 bridgehead atoms. The molecule has 1 rings (SSSR count). The monoisotopic (exact) mass is 260 g/mol. The van der Waals surface area contributed by atoms with E-state index in [1.807, 2.05) is 0 Å². The Morgan fingerprint density at radius 2 is 2.05 bits per heavy atom. The van der Waals surface area contributed by atoms with E-state index in [1.165, 1.54) is 0 Å². The zero-order valence-corrected chi connectivity index (χ0v) is 10.7. The third-order valence-electron chi connectivity index (χ3n) is 2.40. The zero-order chi connectivity index (χ0) is 14.3. The molecule has 0 fully saturated rings. The molecule has 2 N–H and O–H groups in total. The molecule has 5 nitrogen and oxygen atoms in total. The predicted octanol–water partition coefficient (Wildman–Crippen LogP) is 1.70. The summed E-state index contributed by atoms with van der Waals surface area (Å²) in [5.41, 5.74) is 0.523. The molecule has 0 aromatic heterocycles. The van der Waals surface area contributed by atoms with Crippen molar-refractivity contribution in [1.29, 1.82) is 0 Å². The van der Waals surface area contributed by atoms with Gasteiger partial charge in [0.2, 0.25) is 0 Å². The van der Waals surface area contributed by atoms with Gasteiger partial charge < -0.3 is 10.4 Å². The smallest absolute Gasteiger partial charge is 0.323 e. The van der Waals surface area contributed by atoms with Crippen LogP contribution in [0.25, 0.3) is 0 Å². The maximum absolute atomic E-state index is 12.0. The van der Waals surface area contributed by atoms with Gasteiger partial charge in [0.05, 0.1) is 0 Å². The van der Waals surface area contributed by atoms with E-state index < -0.39 is 18.5 Å². The van der Waals surface area contributed by atoms with Crippen molar-refractivity contribution in [3.05, 3.63) is 30.3 Å². The van der Waals surface area contributed by atoms with Crippen LogP contribution in [0, 0.1) is 12.3 Å². The van der Waals surface area contributed by atoms with E-state index >= 15 is 0 Å². The summed E-state index contributed by atoms with van der Waals surface area (Å²) in [6, 6.07) is 7.93. The first-order valence-corrected chi connectivity index (χ1v) is 5.83. The summed E-state index contributed by atoms with van der Waals surface area (Å²) in [7, 11) is 0. The Morgan fingerprint density at radius 1 is 1.42 bits per heavy atom. The second-order valence-electron chi connectivity index (χ2n) is 4.07. The van der Waals surface area contributed by atoms with E-state index in [-0.39, 0.29) is 6.04 Å². The molecule has 19 heavy (non-hydrogen) atoms. The first kappa shape index (κ1) is 14.6. The number of urea groups is 1. The largest absolute Gasteiger partial charge is 0.480 e. The minimum absolute atomic E-state index is 0.211. The molecule has 5 heteroatoms. The van der Waals surface area contributed by atoms with Gasteiger partial charge in [0, 0.05) is 18.2 Å². The molecule has 0 aliphatic carbocycles. The minimum Gasteiger partial charge on any atom is -0.480 e. The van der Waals surface area contributed by atoms with Gasteiger partial charge in [0.25, 0.3) is 0 Å². The number of carboxylic acids is 1. The number of para-hydroxylation sites is 1. The summed E-state index contributed by atoms with van der Waals surface area (Å²) in [5, 5.41) is 11.5. The molecule has 0 spiro atoms. The van der Waals surface area contributed by atoms with Crippen molar-refractivity contribution in [3.8, 4) is 12.3 Å². The van der Waals surface area contributed by atoms with Gasteiger partial charge in [0.15, 0.2) is 0 Å². The van der Waals surface area contributed by atoms with Crippen LogP contribution in [0.1, 0.15) is 13.3 Å². The number of aliphatic carboxylic acids is 1. The van der Waals surface area contributed by atoms with E-state index in [4.69, 9.17) is 11.5 Å². The standard InChI is InChI=1S/C14H16N2O3/c1-3-7-11(2)15-14(19)16(10-13(17)18)12-8-5-4-6-9-12/h1,4-6,8-9,11H,7,10H2,2H3,(H,15,19)(H,17,18). The SMILES string of the molecule is C#CCC(C)NC(=O)N(CC(=O)O)c1ccccc1. The first-order valence-electron chi connectivity index (χ1n) is 5.83. The van der Waals surface area contributed by atoms with Gasteiger partial charge in [-0.3, -0.25) is 9.69 Å². The van der Waals surface area contributed by atoms with Crippen LogP contribution in [0.15, 0.2) is 30.3 Å². The lowest BCUT2D eigenvalue weighted by Crippen LogP contribution is -2.46. The van der Waals surface area contributed by atoms with Gasteiger partial charge in [-0.1, -0.05) is 18.2 Å². The van der Waals surface area contributed by atoms with E-state index in [0.29, 0.717) is 12.1 Å². The highest BCUT2D eigenvalue weighted by Gasteiger charge is 2.19. The molecule has 1 aromatic rings. The van der Waals surface area contributed by atoms with Crippen LogP contribution in [0.5, 0.6) is 0 Å². The molecule has 0 radical (unpaired) electrons. The van der Waals surface area contributed by atoms with Crippen molar-refractivity contribution in [1.82, 2.24) is 5.32 Å². The van der Waals surface area contributed by atoms with Crippen LogP contribution >= 0.6 is 0 Å². The van der Waals surface area contributed by atoms with Gasteiger partial charge in [-0.2, -0.15) is 0 Å². The van der Waals surface area contributed by atoms with Crippen molar-refractivity contribution >= 4 is 17.7 Å². The molecular weight excluding hydrogens is 244 g/mol. The highest BCUT2D eigenvalue weighted by atomic mass is 16.4. The van der Waals surface area contributed by atoms with Crippen molar-refractivity contribution in [2.45, 2.75) is 19.4 Å². The second kappa shape index (κ2) is 7.07. The Balaban J connectivity index is 2.83. The van der Waals surface area contributed by atoms with Crippen LogP contribution in [-0.2, 0) is 4.79 Å². The molecule has 0 heterocycles. The van der Waals surface area contributed by atoms with E-state index in [0.717, 1.165) is 4.90 Å². The Labute approximate surface area is 112 Å². The molecule has 2 amide bonds. The van der Waals surface area contributed by atoms with E-state index in [9.17, 15) is 9.59 Å². The number of anilines is 1. The number of hydrogen-bond acceptors (Lipinski definition) is 2. The molecule has 0 aliphatic rings. The second-order valence-corrected chi connectivity index (χ2v) is 4.07. The topological polar surface area (TPSA) is 69.6 Å². The van der Waals surface area contributed by atoms with Crippen LogP contribution in [0.4, 0.5) is 10.5 Å². The first-order chi connectivity index (χ1) is 9.04. The maximum atomic E-state index is 12.0. The van der Waals surface area contributed by atoms with Gasteiger partial charge >= 0.3 is 12.0 Å². The van der Waals surface area contributed by atoms with Crippen LogP contribution in [0.2, 0.25) is 0 Å². The lowest BCUT2D eigenvalue weighted by Gasteiger charge is -2.23. The number of rotatable bonds is 5. The lowest BCUT2D eigenvalue weighted by atomic mass is 10.2. The quantitative estimate of drug-likeness (QED) is 0.792. The summed E-state index contributed by atoms with van der Waals surface area (Å²) >= 11 is 0. The van der Waals surface area contributed by atoms with Gasteiger partial charge in [-0.15, -0.1) is 12.3 Å². The van der Waals surface area contributed by atoms with Gasteiger partial charge in [-0.05, 0) is 19.1 Å². The number of nitrogens with one attached hydrogen (secondary N) is 1. The van der Waals surface area contributed by atoms with Crippen molar-refractivity contribution in [3.63, 3.8) is 0 Å². The Bertz CT molecular complexity index is 479. The molecule has 0 saturated heterocycles. The van der Waals surface area contributed by atoms with E-state index in [1.54, 1.807) is 37.3 Å². The third kappa shape index (κ3) is 4.72. The highest BCUT2D eigenvalue weighted by Crippen LogP contribution is 2.13. The number of nitrogens with zero attached hydrogens (tertiary/aromatic N) is 1. The van der Waals surface area contributed by atoms with Gasteiger partial charge in [0.1, 0.15) is 6.54 Å². The molecule has 0 aliphatic heterocycles. The fraction of sp³-hybridized carbons (Fsp3) is 0.286. The van der Waals surface area contributed by atoms with Crippen LogP contribution in [0.3, 0.4) is 0 Å². The zero-order valence-electron chi connectivity index (χ0n) is 10.7. The van der Waals surface area contributed by atoms with E-state index in [2.05, 4.69) is 11.2 Å². The molecule has 1 aromatic carbocycles. The number of amides is 2. The van der Waals surface area contributed by atoms with Crippen LogP contribution in [-0.4, -0.2) is 29.7 Å². The molecule has 0 saturated carbocycles. The number of carbonyl (C=O) groups excluding carboxylic acids is 1. The number of hydrogen-bond donors (Lipinski definition) is 2. The third-order valence-corrected chi connectivity index (χ3v) is 2.40. The lowest BCUT2D eigenvalue weighted by molar-refractivity contribution is -0.135. The average Bonchev–Trinajstić information content (AvgIpc) is 2.37. The summed E-state index contributed by atoms with van der Waals surface area (Å²) in [4.78, 5) is 24.1. The van der Waals surface area contributed by atoms with Gasteiger partial charge in [-0.25, -0.2) is 4.79 Å². The van der Waals surface area contributed by atoms with Crippen molar-refractivity contribution in [2.75, 3.05) is 11.4 Å². The van der Waals surface area contributed by atoms with Crippen molar-refractivity contribution in [2.24, 2.45) is 0 Å². The Morgan fingerprint density at radius 3 is 2.58 bits per heavy atom. The summed E-state index contributed by atoms with van der Waals surface area (Å²) in [6.45, 7) is 1.36. The number of benzene rings is 1. The number of carbonyl (C=O) groups is 2. The molecule has 1 unspecified atom stereocenters. The fourth-order valence-corrected chi connectivity index (χ4v) is 1.54. The molecule has 1 atom stereocenters. The molecule has 100 valence electrons. The summed E-state index contributed by atoms with van der Waals surface area (Å²) in [6.07, 6.45) is 5.55. The number of carboxylic acid groups (broad SMARTS) is 1. The number of terminal acetylenes is 1. The Hall–Kier alpha value is -2.48. The summed E-state index contributed by atoms with van der Waals surface area (Å²) < 4.78 is 0. The predicted molar refractivity (Wildman–Crippen MR) is 72.9 cm³/mol. The van der Waals surface area contributed by atoms with Crippen molar-refractivity contribution < 1.29 is 14.7 Å². The Kier molecular flexibility index (Phi) is 5.42. The highest BCUT2D eigenvalue weighted by molar-refractivity contribution is 5.96. The fourth-order valence-electron chi connectivity index (χ4n) is 1.54. The molecular formula is C14H16N2O3. The minimum atomic E-state index is -1.08. The maximum Gasteiger partial charge on any atom is 0.323 e. The average molecular weight is 260 g/mol. The summed E-state index contributed by atoms with van der Waals surface area (Å²) in [5.74, 6) is 1.36. The van der Waals surface area contributed by atoms with Crippen LogP contribution < -0.4 is 10.2 Å².